The van der Waals surface area contributed by atoms with Gasteiger partial charge in [0.2, 0.25) is 0 Å². The van der Waals surface area contributed by atoms with E-state index in [1.807, 2.05) is 0 Å². The van der Waals surface area contributed by atoms with Crippen LogP contribution < -0.4 is 5.73 Å². The topological polar surface area (TPSA) is 26.0 Å². The van der Waals surface area contributed by atoms with Crippen molar-refractivity contribution >= 4 is 0 Å². The Bertz CT molecular complexity index is 290. The van der Waals surface area contributed by atoms with Gasteiger partial charge in [0.15, 0.2) is 0 Å². The normalized spacial score (nSPS) is 27.3. The molecule has 0 amide bonds. The predicted octanol–water partition coefficient (Wildman–Crippen LogP) is 7.23. The molecule has 1 heteroatoms. The summed E-state index contributed by atoms with van der Waals surface area (Å²) < 4.78 is 0. The monoisotopic (exact) mass is 323 g/mol. The van der Waals surface area contributed by atoms with Gasteiger partial charge in [-0.05, 0) is 49.9 Å². The molecule has 0 bridgehead atoms. The van der Waals surface area contributed by atoms with Crippen molar-refractivity contribution < 1.29 is 0 Å². The summed E-state index contributed by atoms with van der Waals surface area (Å²) in [6, 6.07) is 0. The summed E-state index contributed by atoms with van der Waals surface area (Å²) in [5.41, 5.74) is 7.82. The molecule has 0 spiro atoms. The first-order chi connectivity index (χ1) is 11.1. The standard InChI is InChI=1S/C22H45N/c1-5-9-14-20-15-13-19-22(23,18-12-8-4)21(20,16-10-6-2)17-11-7-3/h20H,5-19,23H2,1-4H3. The molecule has 0 saturated heterocycles. The highest BCUT2D eigenvalue weighted by atomic mass is 14.8. The first-order valence-corrected chi connectivity index (χ1v) is 10.9. The van der Waals surface area contributed by atoms with E-state index in [1.54, 1.807) is 0 Å². The van der Waals surface area contributed by atoms with Crippen LogP contribution in [0.1, 0.15) is 124 Å². The first-order valence-electron chi connectivity index (χ1n) is 10.9. The van der Waals surface area contributed by atoms with Gasteiger partial charge in [-0.15, -0.1) is 0 Å². The van der Waals surface area contributed by atoms with Gasteiger partial charge in [-0.1, -0.05) is 85.5 Å². The zero-order valence-corrected chi connectivity index (χ0v) is 16.8. The average molecular weight is 324 g/mol. The van der Waals surface area contributed by atoms with Gasteiger partial charge in [0.05, 0.1) is 0 Å². The molecule has 1 rings (SSSR count). The maximum absolute atomic E-state index is 7.27. The van der Waals surface area contributed by atoms with E-state index >= 15 is 0 Å². The minimum Gasteiger partial charge on any atom is -0.325 e. The lowest BCUT2D eigenvalue weighted by Gasteiger charge is -2.57. The lowest BCUT2D eigenvalue weighted by molar-refractivity contribution is -0.0333. The molecule has 1 fully saturated rings. The van der Waals surface area contributed by atoms with Crippen molar-refractivity contribution in [2.45, 2.75) is 130 Å². The molecule has 0 aromatic rings. The van der Waals surface area contributed by atoms with E-state index in [2.05, 4.69) is 27.7 Å². The van der Waals surface area contributed by atoms with E-state index < -0.39 is 0 Å². The quantitative estimate of drug-likeness (QED) is 0.402. The zero-order chi connectivity index (χ0) is 17.2. The van der Waals surface area contributed by atoms with Crippen LogP contribution in [0.25, 0.3) is 0 Å². The number of hydrogen-bond acceptors (Lipinski definition) is 1. The molecule has 0 aromatic carbocycles. The maximum Gasteiger partial charge on any atom is 0.0214 e. The van der Waals surface area contributed by atoms with Crippen LogP contribution in [0.3, 0.4) is 0 Å². The van der Waals surface area contributed by atoms with Crippen molar-refractivity contribution in [1.29, 1.82) is 0 Å². The van der Waals surface area contributed by atoms with Crippen molar-refractivity contribution in [3.63, 3.8) is 0 Å². The summed E-state index contributed by atoms with van der Waals surface area (Å²) in [7, 11) is 0. The second-order valence-corrected chi connectivity index (χ2v) is 8.35. The van der Waals surface area contributed by atoms with Gasteiger partial charge in [0.25, 0.3) is 0 Å². The minimum absolute atomic E-state index is 0.115. The second-order valence-electron chi connectivity index (χ2n) is 8.35. The van der Waals surface area contributed by atoms with E-state index in [4.69, 9.17) is 5.73 Å². The van der Waals surface area contributed by atoms with Crippen molar-refractivity contribution in [2.75, 3.05) is 0 Å². The number of unbranched alkanes of at least 4 members (excludes halogenated alkanes) is 4. The number of rotatable bonds is 12. The molecule has 23 heavy (non-hydrogen) atoms. The van der Waals surface area contributed by atoms with Crippen molar-refractivity contribution in [1.82, 2.24) is 0 Å². The Labute approximate surface area is 147 Å². The fourth-order valence-corrected chi connectivity index (χ4v) is 5.35. The van der Waals surface area contributed by atoms with Crippen molar-refractivity contribution in [3.05, 3.63) is 0 Å². The molecular weight excluding hydrogens is 278 g/mol. The third-order valence-electron chi connectivity index (χ3n) is 6.78. The van der Waals surface area contributed by atoms with Gasteiger partial charge in [-0.2, -0.15) is 0 Å². The Kier molecular flexibility index (Phi) is 9.82. The fraction of sp³-hybridized carbons (Fsp3) is 1.00. The molecule has 0 aromatic heterocycles. The molecule has 1 nitrogen and oxygen atoms in total. The van der Waals surface area contributed by atoms with Gasteiger partial charge >= 0.3 is 0 Å². The summed E-state index contributed by atoms with van der Waals surface area (Å²) in [6.07, 6.45) is 20.3. The molecule has 1 saturated carbocycles. The third kappa shape index (κ3) is 5.21. The van der Waals surface area contributed by atoms with E-state index in [9.17, 15) is 0 Å². The molecular formula is C22H45N. The Morgan fingerprint density at radius 3 is 1.83 bits per heavy atom. The Morgan fingerprint density at radius 1 is 0.783 bits per heavy atom. The van der Waals surface area contributed by atoms with Crippen LogP contribution in [0.2, 0.25) is 0 Å². The van der Waals surface area contributed by atoms with Crippen LogP contribution in [-0.4, -0.2) is 5.54 Å². The molecule has 2 N–H and O–H groups in total. The highest BCUT2D eigenvalue weighted by Crippen LogP contribution is 2.56. The Morgan fingerprint density at radius 2 is 1.30 bits per heavy atom. The average Bonchev–Trinajstić information content (AvgIpc) is 2.56. The minimum atomic E-state index is 0.115. The number of nitrogens with two attached hydrogens (primary N) is 1. The molecule has 1 aliphatic carbocycles. The lowest BCUT2D eigenvalue weighted by atomic mass is 9.50. The highest BCUT2D eigenvalue weighted by Gasteiger charge is 2.53. The van der Waals surface area contributed by atoms with Gasteiger partial charge in [0, 0.05) is 5.54 Å². The molecule has 2 unspecified atom stereocenters. The molecule has 0 aliphatic heterocycles. The van der Waals surface area contributed by atoms with Crippen LogP contribution >= 0.6 is 0 Å². The van der Waals surface area contributed by atoms with Crippen molar-refractivity contribution in [2.24, 2.45) is 17.1 Å². The van der Waals surface area contributed by atoms with Crippen LogP contribution in [0.4, 0.5) is 0 Å². The molecule has 0 heterocycles. The number of hydrogen-bond donors (Lipinski definition) is 1. The molecule has 1 aliphatic rings. The van der Waals surface area contributed by atoms with Crippen LogP contribution in [-0.2, 0) is 0 Å². The van der Waals surface area contributed by atoms with E-state index in [0.29, 0.717) is 5.41 Å². The van der Waals surface area contributed by atoms with E-state index in [1.165, 1.54) is 96.3 Å². The Balaban J connectivity index is 3.09. The van der Waals surface area contributed by atoms with Gasteiger partial charge in [-0.25, -0.2) is 0 Å². The lowest BCUT2D eigenvalue weighted by Crippen LogP contribution is -2.61. The summed E-state index contributed by atoms with van der Waals surface area (Å²) in [6.45, 7) is 9.36. The largest absolute Gasteiger partial charge is 0.325 e. The summed E-state index contributed by atoms with van der Waals surface area (Å²) in [5, 5.41) is 0. The van der Waals surface area contributed by atoms with Crippen molar-refractivity contribution in [3.8, 4) is 0 Å². The van der Waals surface area contributed by atoms with E-state index in [0.717, 1.165) is 5.92 Å². The fourth-order valence-electron chi connectivity index (χ4n) is 5.35. The summed E-state index contributed by atoms with van der Waals surface area (Å²) in [4.78, 5) is 0. The molecule has 2 atom stereocenters. The SMILES string of the molecule is CCCCC1CCCC(N)(CCCC)C1(CCCC)CCCC. The van der Waals surface area contributed by atoms with Crippen LogP contribution in [0.15, 0.2) is 0 Å². The van der Waals surface area contributed by atoms with Gasteiger partial charge in [-0.3, -0.25) is 0 Å². The zero-order valence-electron chi connectivity index (χ0n) is 16.8. The smallest absolute Gasteiger partial charge is 0.0214 e. The second kappa shape index (κ2) is 10.7. The summed E-state index contributed by atoms with van der Waals surface area (Å²) in [5.74, 6) is 0.885. The maximum atomic E-state index is 7.27. The predicted molar refractivity (Wildman–Crippen MR) is 105 cm³/mol. The third-order valence-corrected chi connectivity index (χ3v) is 6.78. The van der Waals surface area contributed by atoms with E-state index in [-0.39, 0.29) is 5.54 Å². The highest BCUT2D eigenvalue weighted by molar-refractivity contribution is 5.08. The molecule has 138 valence electrons. The van der Waals surface area contributed by atoms with Gasteiger partial charge < -0.3 is 5.73 Å². The van der Waals surface area contributed by atoms with Crippen LogP contribution in [0.5, 0.6) is 0 Å². The summed E-state index contributed by atoms with van der Waals surface area (Å²) >= 11 is 0. The van der Waals surface area contributed by atoms with Crippen LogP contribution in [0, 0.1) is 11.3 Å². The molecule has 0 radical (unpaired) electrons. The van der Waals surface area contributed by atoms with Gasteiger partial charge in [0.1, 0.15) is 0 Å². The first kappa shape index (κ1) is 21.0. The Hall–Kier alpha value is -0.0400.